The van der Waals surface area contributed by atoms with Crippen molar-refractivity contribution >= 4 is 22.4 Å². The Labute approximate surface area is 243 Å². The SMILES string of the molecule is Cc1ccc(CCCO)c(NCc2ccc3cc(NCCCN4CCOCC4)n(Cc4nc(C)ccc4O)c3c2)c1. The van der Waals surface area contributed by atoms with Crippen molar-refractivity contribution in [2.75, 3.05) is 56.6 Å². The summed E-state index contributed by atoms with van der Waals surface area (Å²) in [4.78, 5) is 7.10. The van der Waals surface area contributed by atoms with Gasteiger partial charge >= 0.3 is 0 Å². The third-order valence-corrected chi connectivity index (χ3v) is 7.78. The number of aromatic nitrogens is 2. The maximum absolute atomic E-state index is 10.6. The maximum Gasteiger partial charge on any atom is 0.138 e. The van der Waals surface area contributed by atoms with Crippen LogP contribution in [0.3, 0.4) is 0 Å². The van der Waals surface area contributed by atoms with Crippen LogP contribution in [-0.4, -0.2) is 70.7 Å². The van der Waals surface area contributed by atoms with Crippen LogP contribution in [0.5, 0.6) is 5.75 Å². The van der Waals surface area contributed by atoms with Gasteiger partial charge in [0.1, 0.15) is 17.3 Å². The summed E-state index contributed by atoms with van der Waals surface area (Å²) in [6.07, 6.45) is 2.63. The number of hydrogen-bond acceptors (Lipinski definition) is 7. The number of rotatable bonds is 13. The maximum atomic E-state index is 10.6. The van der Waals surface area contributed by atoms with Crippen molar-refractivity contribution in [1.82, 2.24) is 14.5 Å². The number of ether oxygens (including phenoxy) is 1. The van der Waals surface area contributed by atoms with Crippen molar-refractivity contribution in [2.45, 2.75) is 46.2 Å². The lowest BCUT2D eigenvalue weighted by molar-refractivity contribution is 0.0378. The van der Waals surface area contributed by atoms with Crippen molar-refractivity contribution in [3.63, 3.8) is 0 Å². The van der Waals surface area contributed by atoms with Gasteiger partial charge in [-0.1, -0.05) is 24.3 Å². The van der Waals surface area contributed by atoms with Gasteiger partial charge in [-0.25, -0.2) is 0 Å². The molecule has 8 heteroatoms. The number of aromatic hydroxyl groups is 1. The average Bonchev–Trinajstić information content (AvgIpc) is 3.32. The number of nitrogens with one attached hydrogen (secondary N) is 2. The van der Waals surface area contributed by atoms with Crippen molar-refractivity contribution in [2.24, 2.45) is 0 Å². The van der Waals surface area contributed by atoms with Gasteiger partial charge in [0.15, 0.2) is 0 Å². The first-order chi connectivity index (χ1) is 20.0. The molecular formula is C33H43N5O3. The Morgan fingerprint density at radius 3 is 2.63 bits per heavy atom. The molecule has 0 unspecified atom stereocenters. The van der Waals surface area contributed by atoms with Crippen LogP contribution in [0.25, 0.3) is 10.9 Å². The number of fused-ring (bicyclic) bond motifs is 1. The lowest BCUT2D eigenvalue weighted by Crippen LogP contribution is -2.37. The summed E-state index contributed by atoms with van der Waals surface area (Å²) in [6, 6.07) is 18.8. The number of aliphatic hydroxyl groups excluding tert-OH is 1. The first kappa shape index (κ1) is 28.9. The van der Waals surface area contributed by atoms with Crippen LogP contribution in [0.4, 0.5) is 11.5 Å². The number of benzene rings is 2. The molecule has 218 valence electrons. The predicted molar refractivity (Wildman–Crippen MR) is 166 cm³/mol. The zero-order valence-electron chi connectivity index (χ0n) is 24.3. The fourth-order valence-electron chi connectivity index (χ4n) is 5.48. The largest absolute Gasteiger partial charge is 0.506 e. The molecule has 1 saturated heterocycles. The molecule has 4 N–H and O–H groups in total. The minimum atomic E-state index is 0.190. The van der Waals surface area contributed by atoms with Gasteiger partial charge < -0.3 is 30.2 Å². The fourth-order valence-corrected chi connectivity index (χ4v) is 5.48. The number of nitrogens with zero attached hydrogens (tertiary/aromatic N) is 3. The van der Waals surface area contributed by atoms with E-state index in [2.05, 4.69) is 74.5 Å². The third-order valence-electron chi connectivity index (χ3n) is 7.78. The molecular weight excluding hydrogens is 514 g/mol. The van der Waals surface area contributed by atoms with E-state index >= 15 is 0 Å². The van der Waals surface area contributed by atoms with Gasteiger partial charge in [0.05, 0.1) is 25.3 Å². The monoisotopic (exact) mass is 557 g/mol. The van der Waals surface area contributed by atoms with Gasteiger partial charge in [0, 0.05) is 49.6 Å². The van der Waals surface area contributed by atoms with E-state index in [4.69, 9.17) is 4.74 Å². The zero-order chi connectivity index (χ0) is 28.6. The number of aryl methyl sites for hydroxylation is 3. The highest BCUT2D eigenvalue weighted by Crippen LogP contribution is 2.29. The molecule has 1 aliphatic heterocycles. The van der Waals surface area contributed by atoms with Gasteiger partial charge in [-0.05, 0) is 86.7 Å². The molecule has 0 amide bonds. The summed E-state index contributed by atoms with van der Waals surface area (Å²) in [5.74, 6) is 1.24. The molecule has 1 fully saturated rings. The first-order valence-corrected chi connectivity index (χ1v) is 14.8. The number of pyridine rings is 1. The molecule has 0 radical (unpaired) electrons. The second kappa shape index (κ2) is 13.9. The fraction of sp³-hybridized carbons (Fsp3) is 0.424. The molecule has 3 heterocycles. The minimum absolute atomic E-state index is 0.190. The van der Waals surface area contributed by atoms with E-state index in [-0.39, 0.29) is 12.4 Å². The van der Waals surface area contributed by atoms with Crippen molar-refractivity contribution in [3.05, 3.63) is 82.7 Å². The van der Waals surface area contributed by atoms with Crippen molar-refractivity contribution < 1.29 is 14.9 Å². The van der Waals surface area contributed by atoms with E-state index in [0.717, 1.165) is 86.8 Å². The Hall–Kier alpha value is -3.59. The van der Waals surface area contributed by atoms with Gasteiger partial charge in [0.2, 0.25) is 0 Å². The molecule has 0 bridgehead atoms. The van der Waals surface area contributed by atoms with Gasteiger partial charge in [-0.3, -0.25) is 9.88 Å². The lowest BCUT2D eigenvalue weighted by Gasteiger charge is -2.26. The second-order valence-electron chi connectivity index (χ2n) is 11.0. The zero-order valence-corrected chi connectivity index (χ0v) is 24.3. The number of hydrogen-bond donors (Lipinski definition) is 4. The van der Waals surface area contributed by atoms with Crippen molar-refractivity contribution in [1.29, 1.82) is 0 Å². The lowest BCUT2D eigenvalue weighted by atomic mass is 10.0. The summed E-state index contributed by atoms with van der Waals surface area (Å²) < 4.78 is 7.71. The second-order valence-corrected chi connectivity index (χ2v) is 11.0. The molecule has 4 aromatic rings. The molecule has 0 spiro atoms. The Kier molecular flexibility index (Phi) is 9.77. The van der Waals surface area contributed by atoms with E-state index in [1.165, 1.54) is 16.7 Å². The van der Waals surface area contributed by atoms with Crippen LogP contribution in [0.15, 0.2) is 54.6 Å². The van der Waals surface area contributed by atoms with Crippen molar-refractivity contribution in [3.8, 4) is 5.75 Å². The summed E-state index contributed by atoms with van der Waals surface area (Å²) >= 11 is 0. The van der Waals surface area contributed by atoms with Crippen LogP contribution < -0.4 is 10.6 Å². The summed E-state index contributed by atoms with van der Waals surface area (Å²) in [5.41, 5.74) is 7.37. The molecule has 2 aromatic heterocycles. The quantitative estimate of drug-likeness (QED) is 0.170. The average molecular weight is 558 g/mol. The van der Waals surface area contributed by atoms with Crippen LogP contribution in [-0.2, 0) is 24.2 Å². The van der Waals surface area contributed by atoms with Gasteiger partial charge in [-0.15, -0.1) is 0 Å². The minimum Gasteiger partial charge on any atom is -0.506 e. The highest BCUT2D eigenvalue weighted by Gasteiger charge is 2.14. The van der Waals surface area contributed by atoms with E-state index in [1.807, 2.05) is 13.0 Å². The molecule has 8 nitrogen and oxygen atoms in total. The van der Waals surface area contributed by atoms with Crippen LogP contribution >= 0.6 is 0 Å². The van der Waals surface area contributed by atoms with E-state index in [1.54, 1.807) is 6.07 Å². The predicted octanol–water partition coefficient (Wildman–Crippen LogP) is 5.08. The highest BCUT2D eigenvalue weighted by molar-refractivity contribution is 5.86. The summed E-state index contributed by atoms with van der Waals surface area (Å²) in [5, 5.41) is 28.4. The molecule has 2 aromatic carbocycles. The topological polar surface area (TPSA) is 94.8 Å². The Bertz CT molecular complexity index is 1440. The summed E-state index contributed by atoms with van der Waals surface area (Å²) in [6.45, 7) is 11.0. The molecule has 41 heavy (non-hydrogen) atoms. The van der Waals surface area contributed by atoms with Crippen LogP contribution in [0, 0.1) is 13.8 Å². The van der Waals surface area contributed by atoms with E-state index in [0.29, 0.717) is 18.8 Å². The summed E-state index contributed by atoms with van der Waals surface area (Å²) in [7, 11) is 0. The Balaban J connectivity index is 1.37. The molecule has 5 rings (SSSR count). The first-order valence-electron chi connectivity index (χ1n) is 14.8. The standard InChI is InChI=1S/C33H43N5O3/c1-24-6-9-27(5-3-16-39)29(19-24)35-22-26-8-10-28-21-33(34-12-4-13-37-14-17-41-18-15-37)38(31(28)20-26)23-30-32(40)11-7-25(2)36-30/h6-11,19-21,34-35,39-40H,3-5,12-18,22-23H2,1-2H3. The number of anilines is 2. The smallest absolute Gasteiger partial charge is 0.138 e. The number of morpholine rings is 1. The van der Waals surface area contributed by atoms with Crippen LogP contribution in [0.2, 0.25) is 0 Å². The normalized spacial score (nSPS) is 14.0. The van der Waals surface area contributed by atoms with E-state index in [9.17, 15) is 10.2 Å². The van der Waals surface area contributed by atoms with Gasteiger partial charge in [0.25, 0.3) is 0 Å². The van der Waals surface area contributed by atoms with Crippen LogP contribution in [0.1, 0.15) is 40.9 Å². The molecule has 0 aliphatic carbocycles. The van der Waals surface area contributed by atoms with E-state index < -0.39 is 0 Å². The molecule has 0 atom stereocenters. The molecule has 1 aliphatic rings. The third kappa shape index (κ3) is 7.58. The highest BCUT2D eigenvalue weighted by atomic mass is 16.5. The Morgan fingerprint density at radius 1 is 0.951 bits per heavy atom. The Morgan fingerprint density at radius 2 is 1.80 bits per heavy atom. The number of aliphatic hydroxyl groups is 1. The molecule has 0 saturated carbocycles. The van der Waals surface area contributed by atoms with Gasteiger partial charge in [-0.2, -0.15) is 0 Å².